The van der Waals surface area contributed by atoms with Crippen LogP contribution in [0.2, 0.25) is 5.02 Å². The zero-order valence-corrected chi connectivity index (χ0v) is 18.1. The lowest BCUT2D eigenvalue weighted by molar-refractivity contribution is -0.114. The van der Waals surface area contributed by atoms with Gasteiger partial charge in [0.2, 0.25) is 5.91 Å². The normalized spacial score (nSPS) is 11.9. The quantitative estimate of drug-likeness (QED) is 0.460. The Morgan fingerprint density at radius 1 is 1.31 bits per heavy atom. The fourth-order valence-electron chi connectivity index (χ4n) is 3.40. The molecule has 1 aliphatic rings. The molecule has 4 heterocycles. The number of hydrogen-bond acceptors (Lipinski definition) is 7. The maximum absolute atomic E-state index is 11.5. The van der Waals surface area contributed by atoms with E-state index in [0.717, 1.165) is 10.4 Å². The van der Waals surface area contributed by atoms with Gasteiger partial charge in [-0.05, 0) is 30.3 Å². The molecule has 9 nitrogen and oxygen atoms in total. The number of carbonyl (C=O) groups is 2. The number of rotatable bonds is 4. The first-order valence-corrected chi connectivity index (χ1v) is 10.6. The molecule has 0 fully saturated rings. The number of carbonyl (C=O) groups excluding carboxylic acids is 1. The number of amides is 1. The monoisotopic (exact) mass is 467 g/mol. The van der Waals surface area contributed by atoms with Crippen molar-refractivity contribution in [1.29, 1.82) is 0 Å². The molecular formula is C21H14ClN5O4S. The molecule has 1 amide bonds. The van der Waals surface area contributed by atoms with E-state index in [4.69, 9.17) is 21.4 Å². The van der Waals surface area contributed by atoms with Crippen molar-refractivity contribution in [2.45, 2.75) is 13.5 Å². The average Bonchev–Trinajstić information content (AvgIpc) is 3.34. The number of nitrogens with one attached hydrogen (secondary N) is 1. The Morgan fingerprint density at radius 3 is 2.84 bits per heavy atom. The SMILES string of the molecule is CC(=O)Nc1nc2c(s1)-c1c(c(-c3cccnc3)nn1-c1ccc(C(=O)O)cc1Cl)OC2. The van der Waals surface area contributed by atoms with Crippen molar-refractivity contribution in [3.63, 3.8) is 0 Å². The van der Waals surface area contributed by atoms with E-state index >= 15 is 0 Å². The third kappa shape index (κ3) is 3.39. The Balaban J connectivity index is 1.75. The van der Waals surface area contributed by atoms with E-state index in [-0.39, 0.29) is 23.1 Å². The summed E-state index contributed by atoms with van der Waals surface area (Å²) < 4.78 is 7.65. The Labute approximate surface area is 190 Å². The Kier molecular flexibility index (Phi) is 4.87. The predicted molar refractivity (Wildman–Crippen MR) is 119 cm³/mol. The van der Waals surface area contributed by atoms with Crippen LogP contribution in [0.15, 0.2) is 42.7 Å². The second kappa shape index (κ2) is 7.74. The number of aromatic carboxylic acids is 1. The molecule has 2 N–H and O–H groups in total. The first kappa shape index (κ1) is 20.2. The lowest BCUT2D eigenvalue weighted by atomic mass is 10.1. The molecule has 1 aromatic carbocycles. The number of thiazole rings is 1. The molecule has 32 heavy (non-hydrogen) atoms. The molecule has 0 bridgehead atoms. The fraction of sp³-hybridized carbons (Fsp3) is 0.0952. The van der Waals surface area contributed by atoms with Gasteiger partial charge in [0, 0.05) is 24.9 Å². The minimum atomic E-state index is -1.08. The summed E-state index contributed by atoms with van der Waals surface area (Å²) in [5.41, 5.74) is 3.12. The smallest absolute Gasteiger partial charge is 0.335 e. The van der Waals surface area contributed by atoms with Gasteiger partial charge < -0.3 is 15.2 Å². The number of fused-ring (bicyclic) bond motifs is 3. The summed E-state index contributed by atoms with van der Waals surface area (Å²) >= 11 is 7.76. The van der Waals surface area contributed by atoms with Gasteiger partial charge in [-0.3, -0.25) is 9.78 Å². The molecule has 0 aliphatic carbocycles. The number of benzene rings is 1. The summed E-state index contributed by atoms with van der Waals surface area (Å²) in [4.78, 5) is 32.2. The third-order valence-electron chi connectivity index (χ3n) is 4.75. The van der Waals surface area contributed by atoms with Crippen LogP contribution in [0.4, 0.5) is 5.13 Å². The van der Waals surface area contributed by atoms with E-state index < -0.39 is 5.97 Å². The number of carboxylic acid groups (broad SMARTS) is 1. The fourth-order valence-corrected chi connectivity index (χ4v) is 4.70. The molecule has 11 heteroatoms. The van der Waals surface area contributed by atoms with Crippen molar-refractivity contribution in [3.05, 3.63) is 59.0 Å². The highest BCUT2D eigenvalue weighted by Gasteiger charge is 2.32. The average molecular weight is 468 g/mol. The lowest BCUT2D eigenvalue weighted by Crippen LogP contribution is -2.08. The molecule has 0 unspecified atom stereocenters. The van der Waals surface area contributed by atoms with Gasteiger partial charge in [-0.1, -0.05) is 22.9 Å². The molecule has 0 saturated heterocycles. The molecule has 5 rings (SSSR count). The number of nitrogens with zero attached hydrogens (tertiary/aromatic N) is 4. The first-order valence-electron chi connectivity index (χ1n) is 9.39. The number of halogens is 1. The largest absolute Gasteiger partial charge is 0.483 e. The van der Waals surface area contributed by atoms with Crippen molar-refractivity contribution >= 4 is 39.9 Å². The number of hydrogen-bond donors (Lipinski definition) is 2. The van der Waals surface area contributed by atoms with Gasteiger partial charge >= 0.3 is 5.97 Å². The van der Waals surface area contributed by atoms with Gasteiger partial charge in [-0.2, -0.15) is 5.10 Å². The summed E-state index contributed by atoms with van der Waals surface area (Å²) in [6.07, 6.45) is 3.34. The number of carboxylic acids is 1. The van der Waals surface area contributed by atoms with Crippen molar-refractivity contribution in [2.75, 3.05) is 5.32 Å². The summed E-state index contributed by atoms with van der Waals surface area (Å²) in [5.74, 6) is -0.777. The Hall–Kier alpha value is -3.76. The maximum Gasteiger partial charge on any atom is 0.335 e. The summed E-state index contributed by atoms with van der Waals surface area (Å²) in [7, 11) is 0. The third-order valence-corrected chi connectivity index (χ3v) is 6.07. The van der Waals surface area contributed by atoms with Crippen molar-refractivity contribution in [1.82, 2.24) is 19.7 Å². The van der Waals surface area contributed by atoms with Gasteiger partial charge in [0.1, 0.15) is 23.7 Å². The van der Waals surface area contributed by atoms with Crippen LogP contribution in [0, 0.1) is 0 Å². The Morgan fingerprint density at radius 2 is 2.16 bits per heavy atom. The van der Waals surface area contributed by atoms with Crippen molar-refractivity contribution in [3.8, 4) is 33.3 Å². The summed E-state index contributed by atoms with van der Waals surface area (Å²) in [6, 6.07) is 8.09. The van der Waals surface area contributed by atoms with Gasteiger partial charge in [0.25, 0.3) is 0 Å². The zero-order valence-electron chi connectivity index (χ0n) is 16.5. The van der Waals surface area contributed by atoms with Crippen LogP contribution in [-0.2, 0) is 11.4 Å². The van der Waals surface area contributed by atoms with Crippen LogP contribution in [0.1, 0.15) is 23.0 Å². The van der Waals surface area contributed by atoms with E-state index in [1.165, 1.54) is 30.4 Å². The molecule has 0 spiro atoms. The second-order valence-corrected chi connectivity index (χ2v) is 8.32. The highest BCUT2D eigenvalue weighted by Crippen LogP contribution is 2.48. The standard InChI is InChI=1S/C21H14ClN5O4S/c1-10(28)24-21-25-14-9-31-18-16(12-3-2-6-23-8-12)26-27(17(18)19(14)32-21)15-5-4-11(20(29)30)7-13(15)22/h2-8H,9H2,1H3,(H,29,30)(H,24,25,28). The van der Waals surface area contributed by atoms with E-state index in [1.807, 2.05) is 6.07 Å². The summed E-state index contributed by atoms with van der Waals surface area (Å²) in [6.45, 7) is 1.62. The van der Waals surface area contributed by atoms with Gasteiger partial charge in [-0.15, -0.1) is 0 Å². The number of pyridine rings is 1. The van der Waals surface area contributed by atoms with Crippen LogP contribution in [0.3, 0.4) is 0 Å². The van der Waals surface area contributed by atoms with Crippen molar-refractivity contribution < 1.29 is 19.4 Å². The molecule has 0 saturated carbocycles. The maximum atomic E-state index is 11.5. The summed E-state index contributed by atoms with van der Waals surface area (Å²) in [5, 5.41) is 17.4. The number of anilines is 1. The molecule has 160 valence electrons. The topological polar surface area (TPSA) is 119 Å². The van der Waals surface area contributed by atoms with E-state index in [9.17, 15) is 14.7 Å². The van der Waals surface area contributed by atoms with E-state index in [2.05, 4.69) is 15.3 Å². The lowest BCUT2D eigenvalue weighted by Gasteiger charge is -2.16. The first-order chi connectivity index (χ1) is 15.4. The van der Waals surface area contributed by atoms with Gasteiger partial charge in [0.05, 0.1) is 21.2 Å². The Bertz CT molecular complexity index is 1380. The molecule has 0 radical (unpaired) electrons. The van der Waals surface area contributed by atoms with Crippen LogP contribution in [0.25, 0.3) is 27.5 Å². The minimum absolute atomic E-state index is 0.0648. The number of aromatic nitrogens is 4. The van der Waals surface area contributed by atoms with E-state index in [1.54, 1.807) is 29.2 Å². The zero-order chi connectivity index (χ0) is 22.4. The van der Waals surface area contributed by atoms with Crippen LogP contribution >= 0.6 is 22.9 Å². The van der Waals surface area contributed by atoms with Crippen molar-refractivity contribution in [2.24, 2.45) is 0 Å². The number of ether oxygens (including phenoxy) is 1. The highest BCUT2D eigenvalue weighted by atomic mass is 35.5. The minimum Gasteiger partial charge on any atom is -0.483 e. The van der Waals surface area contributed by atoms with Gasteiger partial charge in [0.15, 0.2) is 10.9 Å². The molecular weight excluding hydrogens is 454 g/mol. The second-order valence-electron chi connectivity index (χ2n) is 6.92. The predicted octanol–water partition coefficient (Wildman–Crippen LogP) is 4.26. The molecule has 4 aromatic rings. The van der Waals surface area contributed by atoms with Crippen LogP contribution < -0.4 is 10.1 Å². The van der Waals surface area contributed by atoms with Crippen LogP contribution in [-0.4, -0.2) is 36.7 Å². The van der Waals surface area contributed by atoms with Crippen LogP contribution in [0.5, 0.6) is 5.75 Å². The van der Waals surface area contributed by atoms with E-state index in [0.29, 0.717) is 33.7 Å². The molecule has 0 atom stereocenters. The molecule has 1 aliphatic heterocycles. The molecule has 3 aromatic heterocycles. The van der Waals surface area contributed by atoms with Gasteiger partial charge in [-0.25, -0.2) is 14.5 Å². The highest BCUT2D eigenvalue weighted by molar-refractivity contribution is 7.19.